The van der Waals surface area contributed by atoms with E-state index in [1.54, 1.807) is 36.4 Å². The third-order valence-corrected chi connectivity index (χ3v) is 7.37. The van der Waals surface area contributed by atoms with Crippen molar-refractivity contribution in [1.29, 1.82) is 0 Å². The Kier molecular flexibility index (Phi) is 6.38. The van der Waals surface area contributed by atoms with Crippen LogP contribution in [0.2, 0.25) is 0 Å². The molecular formula is C29H30F2N2O4. The molecule has 194 valence electrons. The van der Waals surface area contributed by atoms with Gasteiger partial charge in [0.1, 0.15) is 5.75 Å². The number of ether oxygens (including phenoxy) is 2. The monoisotopic (exact) mass is 508 g/mol. The van der Waals surface area contributed by atoms with Gasteiger partial charge >= 0.3 is 12.6 Å². The molecule has 1 aromatic heterocycles. The van der Waals surface area contributed by atoms with E-state index in [0.717, 1.165) is 19.3 Å². The number of fused-ring (bicyclic) bond motifs is 3. The minimum atomic E-state index is -2.91. The van der Waals surface area contributed by atoms with Gasteiger partial charge in [0, 0.05) is 23.5 Å². The predicted molar refractivity (Wildman–Crippen MR) is 135 cm³/mol. The summed E-state index contributed by atoms with van der Waals surface area (Å²) in [6, 6.07) is 15.0. The van der Waals surface area contributed by atoms with Crippen molar-refractivity contribution in [3.63, 3.8) is 0 Å². The third-order valence-electron chi connectivity index (χ3n) is 7.37. The number of alkyl halides is 2. The molecule has 2 bridgehead atoms. The van der Waals surface area contributed by atoms with Crippen molar-refractivity contribution >= 4 is 22.8 Å². The van der Waals surface area contributed by atoms with E-state index in [1.807, 2.05) is 11.0 Å². The molecule has 8 heteroatoms. The topological polar surface area (TPSA) is 68.7 Å². The number of para-hydroxylation sites is 1. The molecule has 0 N–H and O–H groups in total. The van der Waals surface area contributed by atoms with Crippen LogP contribution in [0, 0.1) is 10.8 Å². The SMILES string of the molecule is CC1(C)C[C@@H]2C[C@](C)(CN2C(=O)COC(=O)c2cc(-c3ccc(OC(F)F)cc3)nc3ccccc23)C1. The number of esters is 1. The summed E-state index contributed by atoms with van der Waals surface area (Å²) in [5.74, 6) is -0.756. The lowest BCUT2D eigenvalue weighted by atomic mass is 9.65. The number of aromatic nitrogens is 1. The molecule has 2 heterocycles. The molecule has 3 aromatic rings. The molecule has 2 fully saturated rings. The Morgan fingerprint density at radius 2 is 1.81 bits per heavy atom. The fraction of sp³-hybridized carbons (Fsp3) is 0.414. The summed E-state index contributed by atoms with van der Waals surface area (Å²) in [7, 11) is 0. The maximum atomic E-state index is 13.2. The Morgan fingerprint density at radius 3 is 2.54 bits per heavy atom. The van der Waals surface area contributed by atoms with Gasteiger partial charge in [-0.1, -0.05) is 39.0 Å². The number of pyridine rings is 1. The Bertz CT molecular complexity index is 1340. The largest absolute Gasteiger partial charge is 0.452 e. The number of amides is 1. The van der Waals surface area contributed by atoms with Crippen LogP contribution in [-0.4, -0.2) is 47.6 Å². The first-order valence-electron chi connectivity index (χ1n) is 12.4. The average molecular weight is 509 g/mol. The highest BCUT2D eigenvalue weighted by Crippen LogP contribution is 2.52. The van der Waals surface area contributed by atoms with E-state index in [1.165, 1.54) is 12.1 Å². The second-order valence-electron chi connectivity index (χ2n) is 11.3. The number of hydrogen-bond acceptors (Lipinski definition) is 5. The summed E-state index contributed by atoms with van der Waals surface area (Å²) >= 11 is 0. The van der Waals surface area contributed by atoms with E-state index in [4.69, 9.17) is 4.74 Å². The van der Waals surface area contributed by atoms with Crippen molar-refractivity contribution in [3.8, 4) is 17.0 Å². The van der Waals surface area contributed by atoms with E-state index in [-0.39, 0.29) is 40.7 Å². The highest BCUT2D eigenvalue weighted by atomic mass is 19.3. The van der Waals surface area contributed by atoms with Gasteiger partial charge in [0.15, 0.2) is 6.61 Å². The lowest BCUT2D eigenvalue weighted by Crippen LogP contribution is -2.39. The van der Waals surface area contributed by atoms with Gasteiger partial charge in [0.2, 0.25) is 0 Å². The predicted octanol–water partition coefficient (Wildman–Crippen LogP) is 6.09. The van der Waals surface area contributed by atoms with E-state index < -0.39 is 12.6 Å². The second-order valence-corrected chi connectivity index (χ2v) is 11.3. The minimum Gasteiger partial charge on any atom is -0.452 e. The molecule has 6 nitrogen and oxygen atoms in total. The average Bonchev–Trinajstić information content (AvgIpc) is 3.10. The Balaban J connectivity index is 1.35. The molecule has 1 aliphatic carbocycles. The molecule has 1 amide bonds. The summed E-state index contributed by atoms with van der Waals surface area (Å²) < 4.78 is 34.9. The van der Waals surface area contributed by atoms with Crippen LogP contribution in [0.15, 0.2) is 54.6 Å². The Hall–Kier alpha value is -3.55. The van der Waals surface area contributed by atoms with Crippen LogP contribution in [0.25, 0.3) is 22.2 Å². The van der Waals surface area contributed by atoms with Gasteiger partial charge in [-0.2, -0.15) is 8.78 Å². The molecule has 1 saturated heterocycles. The number of benzene rings is 2. The molecule has 1 saturated carbocycles. The molecule has 5 rings (SSSR count). The minimum absolute atomic E-state index is 0.0290. The quantitative estimate of drug-likeness (QED) is 0.377. The first kappa shape index (κ1) is 25.1. The van der Waals surface area contributed by atoms with Gasteiger partial charge in [-0.05, 0) is 66.5 Å². The number of rotatable bonds is 6. The normalized spacial score (nSPS) is 22.3. The highest BCUT2D eigenvalue weighted by molar-refractivity contribution is 6.05. The van der Waals surface area contributed by atoms with E-state index in [0.29, 0.717) is 28.7 Å². The molecule has 2 aliphatic rings. The number of carbonyl (C=O) groups excluding carboxylic acids is 2. The van der Waals surface area contributed by atoms with Crippen molar-refractivity contribution in [2.24, 2.45) is 10.8 Å². The summed E-state index contributed by atoms with van der Waals surface area (Å²) in [5.41, 5.74) is 2.24. The lowest BCUT2D eigenvalue weighted by molar-refractivity contribution is -0.135. The zero-order chi connectivity index (χ0) is 26.4. The molecule has 37 heavy (non-hydrogen) atoms. The van der Waals surface area contributed by atoms with Gasteiger partial charge in [0.05, 0.1) is 16.8 Å². The van der Waals surface area contributed by atoms with Gasteiger partial charge in [-0.3, -0.25) is 4.79 Å². The third kappa shape index (κ3) is 5.29. The number of halogens is 2. The fourth-order valence-corrected chi connectivity index (χ4v) is 6.34. The first-order chi connectivity index (χ1) is 17.5. The summed E-state index contributed by atoms with van der Waals surface area (Å²) in [5, 5.41) is 0.604. The molecule has 2 aromatic carbocycles. The molecule has 0 spiro atoms. The number of carbonyl (C=O) groups is 2. The van der Waals surface area contributed by atoms with Crippen LogP contribution in [0.5, 0.6) is 5.75 Å². The van der Waals surface area contributed by atoms with Crippen molar-refractivity contribution in [3.05, 3.63) is 60.2 Å². The van der Waals surface area contributed by atoms with Gasteiger partial charge < -0.3 is 14.4 Å². The Labute approximate surface area is 214 Å². The van der Waals surface area contributed by atoms with Gasteiger partial charge in [-0.25, -0.2) is 9.78 Å². The van der Waals surface area contributed by atoms with Crippen molar-refractivity contribution in [2.45, 2.75) is 52.7 Å². The van der Waals surface area contributed by atoms with Crippen molar-refractivity contribution in [1.82, 2.24) is 9.88 Å². The summed E-state index contributed by atoms with van der Waals surface area (Å²) in [6.45, 7) is 4.18. The number of nitrogens with zero attached hydrogens (tertiary/aromatic N) is 2. The lowest BCUT2D eigenvalue weighted by Gasteiger charge is -2.39. The molecular weight excluding hydrogens is 478 g/mol. The fourth-order valence-electron chi connectivity index (χ4n) is 6.34. The van der Waals surface area contributed by atoms with Gasteiger partial charge in [-0.15, -0.1) is 0 Å². The molecule has 0 unspecified atom stereocenters. The zero-order valence-electron chi connectivity index (χ0n) is 21.2. The second kappa shape index (κ2) is 9.39. The van der Waals surface area contributed by atoms with Crippen LogP contribution < -0.4 is 4.74 Å². The maximum Gasteiger partial charge on any atom is 0.387 e. The van der Waals surface area contributed by atoms with Crippen LogP contribution >= 0.6 is 0 Å². The van der Waals surface area contributed by atoms with Gasteiger partial charge in [0.25, 0.3) is 5.91 Å². The van der Waals surface area contributed by atoms with Crippen LogP contribution in [-0.2, 0) is 9.53 Å². The zero-order valence-corrected chi connectivity index (χ0v) is 21.2. The molecule has 0 radical (unpaired) electrons. The van der Waals surface area contributed by atoms with Crippen LogP contribution in [0.3, 0.4) is 0 Å². The molecule has 1 aliphatic heterocycles. The smallest absolute Gasteiger partial charge is 0.387 e. The molecule has 2 atom stereocenters. The number of likely N-dealkylation sites (tertiary alicyclic amines) is 1. The summed E-state index contributed by atoms with van der Waals surface area (Å²) in [6.07, 6.45) is 3.00. The maximum absolute atomic E-state index is 13.2. The van der Waals surface area contributed by atoms with Crippen LogP contribution in [0.4, 0.5) is 8.78 Å². The summed E-state index contributed by atoms with van der Waals surface area (Å²) in [4.78, 5) is 32.8. The van der Waals surface area contributed by atoms with Crippen molar-refractivity contribution in [2.75, 3.05) is 13.2 Å². The van der Waals surface area contributed by atoms with Crippen LogP contribution in [0.1, 0.15) is 50.4 Å². The Morgan fingerprint density at radius 1 is 1.08 bits per heavy atom. The van der Waals surface area contributed by atoms with E-state index >= 15 is 0 Å². The van der Waals surface area contributed by atoms with E-state index in [2.05, 4.69) is 30.5 Å². The highest BCUT2D eigenvalue weighted by Gasteiger charge is 2.50. The first-order valence-corrected chi connectivity index (χ1v) is 12.4. The number of hydrogen-bond donors (Lipinski definition) is 0. The van der Waals surface area contributed by atoms with E-state index in [9.17, 15) is 18.4 Å². The standard InChI is InChI=1S/C29H30F2N2O4/c1-28(2)13-19-14-29(3,16-28)17-33(19)25(34)15-36-26(35)22-12-24(32-23-7-5-4-6-21(22)23)18-8-10-20(11-9-18)37-27(30)31/h4-12,19,27H,13-17H2,1-3H3/t19-,29+/m1/s1. The van der Waals surface area contributed by atoms with Crippen molar-refractivity contribution < 1.29 is 27.8 Å².